The first-order valence-electron chi connectivity index (χ1n) is 11.0. The molecule has 2 N–H and O–H groups in total. The molecule has 33 heavy (non-hydrogen) atoms. The molecule has 0 bridgehead atoms. The summed E-state index contributed by atoms with van der Waals surface area (Å²) in [5.41, 5.74) is 2.04. The van der Waals surface area contributed by atoms with Gasteiger partial charge in [-0.15, -0.1) is 0 Å². The Morgan fingerprint density at radius 2 is 1.55 bits per heavy atom. The highest BCUT2D eigenvalue weighted by molar-refractivity contribution is 7.92. The summed E-state index contributed by atoms with van der Waals surface area (Å²) in [5.74, 6) is -0.979. The minimum Gasteiger partial charge on any atom is -0.326 e. The van der Waals surface area contributed by atoms with Crippen molar-refractivity contribution < 1.29 is 22.8 Å². The van der Waals surface area contributed by atoms with Gasteiger partial charge in [-0.3, -0.25) is 24.0 Å². The van der Waals surface area contributed by atoms with E-state index in [1.807, 2.05) is 0 Å². The molecule has 2 aromatic carbocycles. The van der Waals surface area contributed by atoms with E-state index in [2.05, 4.69) is 10.0 Å². The Balaban J connectivity index is 1.53. The highest BCUT2D eigenvalue weighted by atomic mass is 32.2. The van der Waals surface area contributed by atoms with E-state index in [0.717, 1.165) is 25.7 Å². The number of hydrogen-bond donors (Lipinski definition) is 2. The molecule has 0 aromatic heterocycles. The van der Waals surface area contributed by atoms with Crippen molar-refractivity contribution >= 4 is 39.1 Å². The molecule has 2 atom stereocenters. The number of rotatable bonds is 6. The fourth-order valence-corrected chi connectivity index (χ4v) is 5.99. The fraction of sp³-hybridized carbons (Fsp3) is 0.375. The number of fused-ring (bicyclic) bond motifs is 1. The first-order valence-corrected chi connectivity index (χ1v) is 12.5. The number of anilines is 2. The number of carbonyl (C=O) groups excluding carboxylic acids is 3. The smallest absolute Gasteiger partial charge is 0.262 e. The van der Waals surface area contributed by atoms with Crippen LogP contribution >= 0.6 is 0 Å². The molecule has 2 aromatic rings. The molecule has 8 nitrogen and oxygen atoms in total. The first-order chi connectivity index (χ1) is 15.7. The van der Waals surface area contributed by atoms with Gasteiger partial charge < -0.3 is 5.32 Å². The Hall–Kier alpha value is -3.20. The van der Waals surface area contributed by atoms with Gasteiger partial charge in [0.05, 0.1) is 23.3 Å². The molecular weight excluding hydrogens is 442 g/mol. The Morgan fingerprint density at radius 3 is 2.12 bits per heavy atom. The van der Waals surface area contributed by atoms with E-state index in [4.69, 9.17) is 0 Å². The predicted octanol–water partition coefficient (Wildman–Crippen LogP) is 3.43. The zero-order valence-corrected chi connectivity index (χ0v) is 19.4. The largest absolute Gasteiger partial charge is 0.326 e. The molecule has 1 aliphatic heterocycles. The average molecular weight is 470 g/mol. The second kappa shape index (κ2) is 8.97. The number of likely N-dealkylation sites (tertiary alicyclic amines) is 1. The molecule has 0 unspecified atom stereocenters. The van der Waals surface area contributed by atoms with E-state index >= 15 is 0 Å². The number of imide groups is 1. The zero-order chi connectivity index (χ0) is 23.8. The van der Waals surface area contributed by atoms with Crippen LogP contribution in [0.15, 0.2) is 47.4 Å². The molecule has 1 aliphatic carbocycles. The molecular formula is C24H27N3O5S. The third-order valence-electron chi connectivity index (χ3n) is 6.27. The third kappa shape index (κ3) is 4.78. The van der Waals surface area contributed by atoms with Gasteiger partial charge in [0.2, 0.25) is 17.7 Å². The minimum absolute atomic E-state index is 0.0683. The second-order valence-corrected chi connectivity index (χ2v) is 10.4. The summed E-state index contributed by atoms with van der Waals surface area (Å²) >= 11 is 0. The SMILES string of the molecule is CC(=O)Nc1ccc(NS(=O)(=O)c2cc(CN3C(=O)[C@H]4CCCC[C@@H]4C3=O)ccc2C)cc1. The number of amides is 3. The third-order valence-corrected chi connectivity index (χ3v) is 7.80. The normalized spacial score (nSPS) is 20.5. The van der Waals surface area contributed by atoms with Gasteiger partial charge in [0.15, 0.2) is 0 Å². The molecule has 9 heteroatoms. The maximum atomic E-state index is 13.1. The molecule has 1 saturated carbocycles. The van der Waals surface area contributed by atoms with E-state index in [-0.39, 0.29) is 41.0 Å². The molecule has 174 valence electrons. The van der Waals surface area contributed by atoms with Crippen molar-refractivity contribution in [1.82, 2.24) is 4.90 Å². The van der Waals surface area contributed by atoms with E-state index in [1.165, 1.54) is 17.9 Å². The topological polar surface area (TPSA) is 113 Å². The monoisotopic (exact) mass is 469 g/mol. The Bertz CT molecular complexity index is 1180. The van der Waals surface area contributed by atoms with Gasteiger partial charge in [-0.1, -0.05) is 25.0 Å². The lowest BCUT2D eigenvalue weighted by Crippen LogP contribution is -2.30. The van der Waals surface area contributed by atoms with Crippen LogP contribution in [0.5, 0.6) is 0 Å². The van der Waals surface area contributed by atoms with Crippen LogP contribution in [0.1, 0.15) is 43.7 Å². The average Bonchev–Trinajstić information content (AvgIpc) is 3.01. The zero-order valence-electron chi connectivity index (χ0n) is 18.6. The van der Waals surface area contributed by atoms with Crippen LogP contribution < -0.4 is 10.0 Å². The van der Waals surface area contributed by atoms with Crippen molar-refractivity contribution in [2.75, 3.05) is 10.0 Å². The van der Waals surface area contributed by atoms with Crippen molar-refractivity contribution in [1.29, 1.82) is 0 Å². The number of benzene rings is 2. The van der Waals surface area contributed by atoms with Gasteiger partial charge in [0.25, 0.3) is 10.0 Å². The number of sulfonamides is 1. The van der Waals surface area contributed by atoms with Crippen LogP contribution in [0.4, 0.5) is 11.4 Å². The van der Waals surface area contributed by atoms with E-state index in [9.17, 15) is 22.8 Å². The number of carbonyl (C=O) groups is 3. The lowest BCUT2D eigenvalue weighted by atomic mass is 9.81. The number of hydrogen-bond acceptors (Lipinski definition) is 5. The molecule has 3 amide bonds. The molecule has 2 fully saturated rings. The maximum absolute atomic E-state index is 13.1. The van der Waals surface area contributed by atoms with E-state index in [0.29, 0.717) is 22.5 Å². The van der Waals surface area contributed by atoms with E-state index < -0.39 is 10.0 Å². The summed E-state index contributed by atoms with van der Waals surface area (Å²) in [6.07, 6.45) is 3.39. The highest BCUT2D eigenvalue weighted by Crippen LogP contribution is 2.38. The fourth-order valence-electron chi connectivity index (χ4n) is 4.64. The van der Waals surface area contributed by atoms with Gasteiger partial charge in [-0.05, 0) is 61.2 Å². The van der Waals surface area contributed by atoms with Crippen LogP contribution in [0, 0.1) is 18.8 Å². The van der Waals surface area contributed by atoms with Crippen LogP contribution in [0.25, 0.3) is 0 Å². The standard InChI is InChI=1S/C24H27N3O5S/c1-15-7-8-17(14-27-23(29)20-5-3-4-6-21(20)24(27)30)13-22(15)33(31,32)26-19-11-9-18(10-12-19)25-16(2)28/h7-13,20-21,26H,3-6,14H2,1-2H3,(H,25,28)/t20-,21-/m0/s1. The Morgan fingerprint density at radius 1 is 0.970 bits per heavy atom. The van der Waals surface area contributed by atoms with Gasteiger partial charge in [-0.25, -0.2) is 8.42 Å². The number of aryl methyl sites for hydroxylation is 1. The molecule has 0 spiro atoms. The summed E-state index contributed by atoms with van der Waals surface area (Å²) < 4.78 is 28.7. The highest BCUT2D eigenvalue weighted by Gasteiger charge is 2.47. The van der Waals surface area contributed by atoms with Crippen molar-refractivity contribution in [2.45, 2.75) is 51.0 Å². The summed E-state index contributed by atoms with van der Waals surface area (Å²) in [4.78, 5) is 38.1. The molecule has 1 heterocycles. The molecule has 0 radical (unpaired) electrons. The van der Waals surface area contributed by atoms with Crippen molar-refractivity contribution in [2.24, 2.45) is 11.8 Å². The van der Waals surface area contributed by atoms with Crippen molar-refractivity contribution in [3.8, 4) is 0 Å². The van der Waals surface area contributed by atoms with Crippen molar-refractivity contribution in [3.63, 3.8) is 0 Å². The summed E-state index contributed by atoms with van der Waals surface area (Å²) in [5, 5.41) is 2.63. The van der Waals surface area contributed by atoms with Crippen LogP contribution in [-0.2, 0) is 31.0 Å². The second-order valence-electron chi connectivity index (χ2n) is 8.72. The summed E-state index contributed by atoms with van der Waals surface area (Å²) in [6.45, 7) is 3.15. The summed E-state index contributed by atoms with van der Waals surface area (Å²) in [6, 6.07) is 11.3. The van der Waals surface area contributed by atoms with Crippen LogP contribution in [0.3, 0.4) is 0 Å². The quantitative estimate of drug-likeness (QED) is 0.630. The molecule has 1 saturated heterocycles. The molecule has 4 rings (SSSR count). The van der Waals surface area contributed by atoms with Crippen LogP contribution in [-0.4, -0.2) is 31.0 Å². The van der Waals surface area contributed by atoms with E-state index in [1.54, 1.807) is 43.3 Å². The molecule has 2 aliphatic rings. The lowest BCUT2D eigenvalue weighted by molar-refractivity contribution is -0.140. The van der Waals surface area contributed by atoms with Crippen molar-refractivity contribution in [3.05, 3.63) is 53.6 Å². The Labute approximate surface area is 193 Å². The Kier molecular flexibility index (Phi) is 6.25. The van der Waals surface area contributed by atoms with Gasteiger partial charge in [0.1, 0.15) is 0 Å². The van der Waals surface area contributed by atoms with Crippen LogP contribution in [0.2, 0.25) is 0 Å². The van der Waals surface area contributed by atoms with Gasteiger partial charge in [-0.2, -0.15) is 0 Å². The number of nitrogens with zero attached hydrogens (tertiary/aromatic N) is 1. The first kappa shape index (κ1) is 23.0. The van der Waals surface area contributed by atoms with Gasteiger partial charge in [0, 0.05) is 18.3 Å². The minimum atomic E-state index is -3.91. The summed E-state index contributed by atoms with van der Waals surface area (Å²) in [7, 11) is -3.91. The predicted molar refractivity (Wildman–Crippen MR) is 124 cm³/mol. The van der Waals surface area contributed by atoms with Gasteiger partial charge >= 0.3 is 0 Å². The lowest BCUT2D eigenvalue weighted by Gasteiger charge is -2.19. The number of nitrogens with one attached hydrogen (secondary N) is 2. The maximum Gasteiger partial charge on any atom is 0.262 e.